The number of carbonyl (C=O) groups is 1. The first-order valence-corrected chi connectivity index (χ1v) is 7.40. The van der Waals surface area contributed by atoms with E-state index >= 15 is 0 Å². The van der Waals surface area contributed by atoms with E-state index in [0.717, 1.165) is 27.1 Å². The van der Waals surface area contributed by atoms with E-state index < -0.39 is 0 Å². The minimum atomic E-state index is -0.315. The summed E-state index contributed by atoms with van der Waals surface area (Å²) in [6.45, 7) is 2.60. The Morgan fingerprint density at radius 3 is 2.68 bits per heavy atom. The van der Waals surface area contributed by atoms with E-state index in [4.69, 9.17) is 16.3 Å². The fourth-order valence-electron chi connectivity index (χ4n) is 2.75. The first-order valence-electron chi connectivity index (χ1n) is 7.02. The van der Waals surface area contributed by atoms with Crippen molar-refractivity contribution < 1.29 is 9.53 Å². The topological polar surface area (TPSA) is 31.2 Å². The molecule has 0 saturated heterocycles. The quantitative estimate of drug-likeness (QED) is 0.669. The third kappa shape index (κ3) is 2.48. The van der Waals surface area contributed by atoms with Crippen molar-refractivity contribution in [3.8, 4) is 0 Å². The summed E-state index contributed by atoms with van der Waals surface area (Å²) in [4.78, 5) is 11.9. The molecule has 3 aromatic rings. The number of fused-ring (bicyclic) bond motifs is 1. The molecular weight excluding hydrogens is 298 g/mol. The standard InChI is InChI=1S/C18H16ClNO2/c1-12-15(18(21)22-2)8-7-13-9-10-20(17(12)13)11-14-5-3-4-6-16(14)19/h3-10H,11H2,1-2H3. The summed E-state index contributed by atoms with van der Waals surface area (Å²) in [5.41, 5.74) is 3.59. The highest BCUT2D eigenvalue weighted by molar-refractivity contribution is 6.31. The van der Waals surface area contributed by atoms with Crippen LogP contribution >= 0.6 is 11.6 Å². The molecule has 0 amide bonds. The normalized spacial score (nSPS) is 10.9. The van der Waals surface area contributed by atoms with E-state index in [2.05, 4.69) is 4.57 Å². The molecule has 0 atom stereocenters. The van der Waals surface area contributed by atoms with Crippen LogP contribution in [0.15, 0.2) is 48.7 Å². The second kappa shape index (κ2) is 5.85. The molecule has 0 N–H and O–H groups in total. The maximum atomic E-state index is 11.9. The molecule has 0 radical (unpaired) electrons. The predicted octanol–water partition coefficient (Wildman–Crippen LogP) is 4.44. The van der Waals surface area contributed by atoms with E-state index in [0.29, 0.717) is 12.1 Å². The van der Waals surface area contributed by atoms with Gasteiger partial charge in [0.2, 0.25) is 0 Å². The fourth-order valence-corrected chi connectivity index (χ4v) is 2.95. The summed E-state index contributed by atoms with van der Waals surface area (Å²) < 4.78 is 6.96. The zero-order chi connectivity index (χ0) is 15.7. The second-order valence-electron chi connectivity index (χ2n) is 5.20. The number of nitrogens with zero attached hydrogens (tertiary/aromatic N) is 1. The molecule has 3 nitrogen and oxygen atoms in total. The van der Waals surface area contributed by atoms with Gasteiger partial charge in [-0.1, -0.05) is 35.9 Å². The summed E-state index contributed by atoms with van der Waals surface area (Å²) in [5, 5.41) is 1.84. The van der Waals surface area contributed by atoms with Crippen molar-refractivity contribution in [1.29, 1.82) is 0 Å². The van der Waals surface area contributed by atoms with Crippen molar-refractivity contribution in [1.82, 2.24) is 4.57 Å². The van der Waals surface area contributed by atoms with Crippen LogP contribution in [0, 0.1) is 6.92 Å². The van der Waals surface area contributed by atoms with E-state index in [-0.39, 0.29) is 5.97 Å². The molecule has 3 rings (SSSR count). The molecule has 22 heavy (non-hydrogen) atoms. The van der Waals surface area contributed by atoms with E-state index in [1.807, 2.05) is 55.6 Å². The molecule has 0 saturated carbocycles. The average Bonchev–Trinajstić information content (AvgIpc) is 2.93. The molecule has 0 aliphatic rings. The van der Waals surface area contributed by atoms with Gasteiger partial charge in [0.25, 0.3) is 0 Å². The van der Waals surface area contributed by atoms with Crippen LogP contribution in [-0.2, 0) is 11.3 Å². The number of methoxy groups -OCH3 is 1. The maximum absolute atomic E-state index is 11.9. The Balaban J connectivity index is 2.11. The Labute approximate surface area is 134 Å². The lowest BCUT2D eigenvalue weighted by Gasteiger charge is -2.11. The third-order valence-corrected chi connectivity index (χ3v) is 4.26. The smallest absolute Gasteiger partial charge is 0.338 e. The maximum Gasteiger partial charge on any atom is 0.338 e. The van der Waals surface area contributed by atoms with Crippen LogP contribution < -0.4 is 0 Å². The molecule has 2 aromatic carbocycles. The highest BCUT2D eigenvalue weighted by Crippen LogP contribution is 2.26. The Morgan fingerprint density at radius 1 is 1.18 bits per heavy atom. The van der Waals surface area contributed by atoms with Crippen LogP contribution in [-0.4, -0.2) is 17.6 Å². The highest BCUT2D eigenvalue weighted by Gasteiger charge is 2.14. The number of aromatic nitrogens is 1. The van der Waals surface area contributed by atoms with Crippen LogP contribution in [0.4, 0.5) is 0 Å². The number of esters is 1. The zero-order valence-corrected chi connectivity index (χ0v) is 13.2. The van der Waals surface area contributed by atoms with Crippen molar-refractivity contribution in [2.75, 3.05) is 7.11 Å². The van der Waals surface area contributed by atoms with Gasteiger partial charge in [0.15, 0.2) is 0 Å². The molecule has 0 fully saturated rings. The number of halogens is 1. The molecule has 0 unspecified atom stereocenters. The molecule has 0 spiro atoms. The molecule has 4 heteroatoms. The van der Waals surface area contributed by atoms with Gasteiger partial charge in [-0.3, -0.25) is 0 Å². The first-order chi connectivity index (χ1) is 10.6. The van der Waals surface area contributed by atoms with Gasteiger partial charge >= 0.3 is 5.97 Å². The SMILES string of the molecule is COC(=O)c1ccc2ccn(Cc3ccccc3Cl)c2c1C. The molecule has 0 bridgehead atoms. The minimum absolute atomic E-state index is 0.315. The number of rotatable bonds is 3. The number of carbonyl (C=O) groups excluding carboxylic acids is 1. The lowest BCUT2D eigenvalue weighted by molar-refractivity contribution is 0.0600. The third-order valence-electron chi connectivity index (χ3n) is 3.89. The molecule has 1 aromatic heterocycles. The summed E-state index contributed by atoms with van der Waals surface area (Å²) >= 11 is 6.25. The Hall–Kier alpha value is -2.26. The van der Waals surface area contributed by atoms with Gasteiger partial charge in [0, 0.05) is 17.8 Å². The van der Waals surface area contributed by atoms with E-state index in [1.54, 1.807) is 0 Å². The van der Waals surface area contributed by atoms with Crippen molar-refractivity contribution in [3.63, 3.8) is 0 Å². The zero-order valence-electron chi connectivity index (χ0n) is 12.5. The first kappa shape index (κ1) is 14.7. The summed E-state index contributed by atoms with van der Waals surface area (Å²) in [5.74, 6) is -0.315. The van der Waals surface area contributed by atoms with Crippen LogP contribution in [0.5, 0.6) is 0 Å². The van der Waals surface area contributed by atoms with Gasteiger partial charge in [0.05, 0.1) is 18.2 Å². The number of benzene rings is 2. The van der Waals surface area contributed by atoms with Crippen molar-refractivity contribution in [2.24, 2.45) is 0 Å². The second-order valence-corrected chi connectivity index (χ2v) is 5.61. The van der Waals surface area contributed by atoms with Gasteiger partial charge in [-0.2, -0.15) is 0 Å². The molecular formula is C18H16ClNO2. The van der Waals surface area contributed by atoms with Gasteiger partial charge in [0.1, 0.15) is 0 Å². The lowest BCUT2D eigenvalue weighted by atomic mass is 10.1. The van der Waals surface area contributed by atoms with Crippen LogP contribution in [0.2, 0.25) is 5.02 Å². The molecule has 0 aliphatic carbocycles. The Kier molecular flexibility index (Phi) is 3.90. The van der Waals surface area contributed by atoms with Crippen LogP contribution in [0.25, 0.3) is 10.9 Å². The van der Waals surface area contributed by atoms with Crippen molar-refractivity contribution in [3.05, 3.63) is 70.4 Å². The number of ether oxygens (including phenoxy) is 1. The monoisotopic (exact) mass is 313 g/mol. The lowest BCUT2D eigenvalue weighted by Crippen LogP contribution is -2.06. The molecule has 1 heterocycles. The Morgan fingerprint density at radius 2 is 1.95 bits per heavy atom. The number of hydrogen-bond donors (Lipinski definition) is 0. The largest absolute Gasteiger partial charge is 0.465 e. The highest BCUT2D eigenvalue weighted by atomic mass is 35.5. The van der Waals surface area contributed by atoms with Crippen LogP contribution in [0.1, 0.15) is 21.5 Å². The van der Waals surface area contributed by atoms with Gasteiger partial charge in [-0.15, -0.1) is 0 Å². The van der Waals surface area contributed by atoms with Crippen molar-refractivity contribution >= 4 is 28.5 Å². The summed E-state index contributed by atoms with van der Waals surface area (Å²) in [6.07, 6.45) is 2.02. The van der Waals surface area contributed by atoms with Gasteiger partial charge < -0.3 is 9.30 Å². The van der Waals surface area contributed by atoms with E-state index in [1.165, 1.54) is 7.11 Å². The molecule has 0 aliphatic heterocycles. The average molecular weight is 314 g/mol. The summed E-state index contributed by atoms with van der Waals surface area (Å²) in [7, 11) is 1.40. The van der Waals surface area contributed by atoms with Crippen LogP contribution in [0.3, 0.4) is 0 Å². The fraction of sp³-hybridized carbons (Fsp3) is 0.167. The molecule has 112 valence electrons. The van der Waals surface area contributed by atoms with Gasteiger partial charge in [-0.05, 0) is 41.6 Å². The minimum Gasteiger partial charge on any atom is -0.465 e. The van der Waals surface area contributed by atoms with E-state index in [9.17, 15) is 4.79 Å². The predicted molar refractivity (Wildman–Crippen MR) is 88.6 cm³/mol. The Bertz CT molecular complexity index is 851. The van der Waals surface area contributed by atoms with Gasteiger partial charge in [-0.25, -0.2) is 4.79 Å². The summed E-state index contributed by atoms with van der Waals surface area (Å²) in [6, 6.07) is 13.6. The number of aryl methyl sites for hydroxylation is 1. The number of hydrogen-bond acceptors (Lipinski definition) is 2. The van der Waals surface area contributed by atoms with Crippen molar-refractivity contribution in [2.45, 2.75) is 13.5 Å².